The summed E-state index contributed by atoms with van der Waals surface area (Å²) in [5.41, 5.74) is 1.57. The normalized spacial score (nSPS) is 20.3. The van der Waals surface area contributed by atoms with E-state index in [1.54, 1.807) is 12.1 Å². The van der Waals surface area contributed by atoms with Gasteiger partial charge in [0.1, 0.15) is 0 Å². The Morgan fingerprint density at radius 1 is 0.966 bits per heavy atom. The number of anilines is 1. The maximum atomic E-state index is 13.4. The Hall–Kier alpha value is -2.66. The molecule has 1 aliphatic heterocycles. The van der Waals surface area contributed by atoms with Crippen LogP contribution < -0.4 is 10.6 Å². The van der Waals surface area contributed by atoms with E-state index in [0.29, 0.717) is 17.8 Å². The number of nitrogens with one attached hydrogen (secondary N) is 2. The first kappa shape index (κ1) is 19.6. The molecule has 5 nitrogen and oxygen atoms in total. The number of carbonyl (C=O) groups excluding carboxylic acids is 2. The van der Waals surface area contributed by atoms with E-state index in [1.165, 1.54) is 0 Å². The zero-order valence-corrected chi connectivity index (χ0v) is 16.7. The summed E-state index contributed by atoms with van der Waals surface area (Å²) in [4.78, 5) is 26.2. The van der Waals surface area contributed by atoms with Crippen molar-refractivity contribution in [1.29, 1.82) is 0 Å². The van der Waals surface area contributed by atoms with Crippen molar-refractivity contribution >= 4 is 17.5 Å². The van der Waals surface area contributed by atoms with Gasteiger partial charge in [-0.25, -0.2) is 0 Å². The first-order chi connectivity index (χ1) is 14.2. The smallest absolute Gasteiger partial charge is 0.253 e. The van der Waals surface area contributed by atoms with Crippen LogP contribution in [0.3, 0.4) is 0 Å². The van der Waals surface area contributed by atoms with Crippen LogP contribution in [0.4, 0.5) is 5.69 Å². The van der Waals surface area contributed by atoms with Crippen molar-refractivity contribution in [1.82, 2.24) is 5.32 Å². The number of carbonyl (C=O) groups is 2. The molecule has 2 fully saturated rings. The maximum Gasteiger partial charge on any atom is 0.253 e. The molecule has 0 radical (unpaired) electrons. The summed E-state index contributed by atoms with van der Waals surface area (Å²) in [6, 6.07) is 17.2. The van der Waals surface area contributed by atoms with E-state index in [9.17, 15) is 9.59 Å². The molecule has 5 heteroatoms. The number of hydrogen-bond acceptors (Lipinski definition) is 3. The van der Waals surface area contributed by atoms with E-state index >= 15 is 0 Å². The highest BCUT2D eigenvalue weighted by Crippen LogP contribution is 2.42. The van der Waals surface area contributed by atoms with Crippen molar-refractivity contribution in [2.75, 3.05) is 18.5 Å². The fourth-order valence-electron chi connectivity index (χ4n) is 4.52. The van der Waals surface area contributed by atoms with E-state index in [2.05, 4.69) is 10.6 Å². The number of benzene rings is 2. The van der Waals surface area contributed by atoms with Crippen LogP contribution in [-0.4, -0.2) is 31.1 Å². The molecule has 2 amide bonds. The predicted molar refractivity (Wildman–Crippen MR) is 113 cm³/mol. The molecular weight excluding hydrogens is 364 g/mol. The summed E-state index contributed by atoms with van der Waals surface area (Å²) in [5, 5.41) is 6.02. The Morgan fingerprint density at radius 3 is 2.41 bits per heavy atom. The fourth-order valence-corrected chi connectivity index (χ4v) is 4.52. The molecule has 2 aliphatic rings. The number of rotatable bonds is 6. The average Bonchev–Trinajstić information content (AvgIpc) is 3.46. The Balaban J connectivity index is 1.51. The Morgan fingerprint density at radius 2 is 1.69 bits per heavy atom. The van der Waals surface area contributed by atoms with Crippen LogP contribution in [0.5, 0.6) is 0 Å². The van der Waals surface area contributed by atoms with Gasteiger partial charge in [0.25, 0.3) is 5.91 Å². The Kier molecular flexibility index (Phi) is 5.95. The minimum absolute atomic E-state index is 0.0272. The second kappa shape index (κ2) is 8.78. The van der Waals surface area contributed by atoms with Gasteiger partial charge in [0.2, 0.25) is 5.91 Å². The quantitative estimate of drug-likeness (QED) is 0.779. The zero-order chi connectivity index (χ0) is 20.1. The monoisotopic (exact) mass is 392 g/mol. The number of ether oxygens (including phenoxy) is 1. The van der Waals surface area contributed by atoms with Crippen LogP contribution in [0, 0.1) is 0 Å². The summed E-state index contributed by atoms with van der Waals surface area (Å²) in [5.74, 6) is -0.211. The number of hydrogen-bond donors (Lipinski definition) is 2. The predicted octanol–water partition coefficient (Wildman–Crippen LogP) is 4.05. The largest absolute Gasteiger partial charge is 0.376 e. The fraction of sp³-hybridized carbons (Fsp3) is 0.417. The van der Waals surface area contributed by atoms with E-state index in [4.69, 9.17) is 4.74 Å². The minimum Gasteiger partial charge on any atom is -0.376 e. The van der Waals surface area contributed by atoms with E-state index in [-0.39, 0.29) is 17.9 Å². The van der Waals surface area contributed by atoms with Crippen molar-refractivity contribution in [3.05, 3.63) is 65.7 Å². The molecule has 0 unspecified atom stereocenters. The highest BCUT2D eigenvalue weighted by molar-refractivity contribution is 6.06. The van der Waals surface area contributed by atoms with Crippen molar-refractivity contribution < 1.29 is 14.3 Å². The molecule has 1 atom stereocenters. The SMILES string of the molecule is O=C(NC[C@H]1CCCO1)c1ccccc1NC(=O)C1(c2ccccc2)CCCC1. The van der Waals surface area contributed by atoms with Crippen LogP contribution in [-0.2, 0) is 14.9 Å². The van der Waals surface area contributed by atoms with Gasteiger partial charge in [-0.05, 0) is 43.4 Å². The van der Waals surface area contributed by atoms with Gasteiger partial charge in [0, 0.05) is 13.2 Å². The van der Waals surface area contributed by atoms with Crippen LogP contribution in [0.1, 0.15) is 54.4 Å². The van der Waals surface area contributed by atoms with Crippen LogP contribution in [0.25, 0.3) is 0 Å². The molecule has 1 saturated heterocycles. The van der Waals surface area contributed by atoms with Gasteiger partial charge in [-0.2, -0.15) is 0 Å². The van der Waals surface area contributed by atoms with Gasteiger partial charge in [0.05, 0.1) is 22.8 Å². The van der Waals surface area contributed by atoms with Gasteiger partial charge >= 0.3 is 0 Å². The van der Waals surface area contributed by atoms with E-state index in [1.807, 2.05) is 42.5 Å². The minimum atomic E-state index is -0.525. The van der Waals surface area contributed by atoms with E-state index < -0.39 is 5.41 Å². The average molecular weight is 392 g/mol. The van der Waals surface area contributed by atoms with Gasteiger partial charge in [-0.1, -0.05) is 55.3 Å². The van der Waals surface area contributed by atoms with Gasteiger partial charge in [0.15, 0.2) is 0 Å². The van der Waals surface area contributed by atoms with Crippen molar-refractivity contribution in [3.63, 3.8) is 0 Å². The lowest BCUT2D eigenvalue weighted by molar-refractivity contribution is -0.121. The molecule has 29 heavy (non-hydrogen) atoms. The second-order valence-electron chi connectivity index (χ2n) is 8.00. The van der Waals surface area contributed by atoms with Crippen molar-refractivity contribution in [3.8, 4) is 0 Å². The van der Waals surface area contributed by atoms with Gasteiger partial charge in [-0.15, -0.1) is 0 Å². The van der Waals surface area contributed by atoms with Crippen molar-refractivity contribution in [2.24, 2.45) is 0 Å². The molecule has 1 heterocycles. The third kappa shape index (κ3) is 4.20. The standard InChI is InChI=1S/C24H28N2O3/c27-22(25-17-19-11-8-16-29-19)20-12-4-5-13-21(20)26-23(28)24(14-6-7-15-24)18-9-2-1-3-10-18/h1-5,9-10,12-13,19H,6-8,11,14-17H2,(H,25,27)(H,26,28)/t19-/m1/s1. The maximum absolute atomic E-state index is 13.4. The highest BCUT2D eigenvalue weighted by Gasteiger charge is 2.42. The Labute approximate surface area is 171 Å². The lowest BCUT2D eigenvalue weighted by Gasteiger charge is -2.28. The molecule has 1 saturated carbocycles. The lowest BCUT2D eigenvalue weighted by Crippen LogP contribution is -2.38. The molecule has 2 aromatic carbocycles. The summed E-state index contributed by atoms with van der Waals surface area (Å²) in [7, 11) is 0. The Bertz CT molecular complexity index is 853. The molecule has 2 N–H and O–H groups in total. The van der Waals surface area contributed by atoms with Crippen LogP contribution in [0.15, 0.2) is 54.6 Å². The molecule has 0 spiro atoms. The third-order valence-electron chi connectivity index (χ3n) is 6.15. The van der Waals surface area contributed by atoms with E-state index in [0.717, 1.165) is 50.7 Å². The number of para-hydroxylation sites is 1. The molecular formula is C24H28N2O3. The molecule has 0 bridgehead atoms. The summed E-state index contributed by atoms with van der Waals surface area (Å²) in [6.45, 7) is 1.25. The third-order valence-corrected chi connectivity index (χ3v) is 6.15. The molecule has 1 aliphatic carbocycles. The first-order valence-corrected chi connectivity index (χ1v) is 10.5. The molecule has 152 valence electrons. The van der Waals surface area contributed by atoms with Gasteiger partial charge < -0.3 is 15.4 Å². The summed E-state index contributed by atoms with van der Waals surface area (Å²) in [6.07, 6.45) is 5.82. The molecule has 4 rings (SSSR count). The second-order valence-corrected chi connectivity index (χ2v) is 8.00. The summed E-state index contributed by atoms with van der Waals surface area (Å²) < 4.78 is 5.58. The molecule has 0 aromatic heterocycles. The zero-order valence-electron chi connectivity index (χ0n) is 16.7. The van der Waals surface area contributed by atoms with Crippen molar-refractivity contribution in [2.45, 2.75) is 50.0 Å². The first-order valence-electron chi connectivity index (χ1n) is 10.5. The summed E-state index contributed by atoms with van der Waals surface area (Å²) >= 11 is 0. The number of amides is 2. The molecule has 2 aromatic rings. The van der Waals surface area contributed by atoms with Gasteiger partial charge in [-0.3, -0.25) is 9.59 Å². The lowest BCUT2D eigenvalue weighted by atomic mass is 9.78. The highest BCUT2D eigenvalue weighted by atomic mass is 16.5. The van der Waals surface area contributed by atoms with Crippen LogP contribution in [0.2, 0.25) is 0 Å². The topological polar surface area (TPSA) is 67.4 Å². The van der Waals surface area contributed by atoms with Crippen LogP contribution >= 0.6 is 0 Å².